The number of alkyl carbamates (subject to hydrolysis) is 1. The summed E-state index contributed by atoms with van der Waals surface area (Å²) < 4.78 is 4.98. The van der Waals surface area contributed by atoms with Gasteiger partial charge >= 0.3 is 6.09 Å². The van der Waals surface area contributed by atoms with Crippen molar-refractivity contribution in [2.24, 2.45) is 0 Å². The number of aromatic nitrogens is 1. The third kappa shape index (κ3) is 4.40. The molecule has 1 N–H and O–H groups in total. The highest BCUT2D eigenvalue weighted by Gasteiger charge is 2.21. The Balaban J connectivity index is 2.77. The van der Waals surface area contributed by atoms with Crippen molar-refractivity contribution in [1.82, 2.24) is 10.3 Å². The monoisotopic (exact) mass is 251 g/mol. The predicted molar refractivity (Wildman–Crippen MR) is 61.4 cm³/mol. The maximum absolute atomic E-state index is 11.5. The normalized spacial score (nSPS) is 12.6. The number of carboxylic acid groups (broad SMARTS) is 1. The molecule has 1 aromatic heterocycles. The molecule has 0 radical (unpaired) electrons. The van der Waals surface area contributed by atoms with Crippen molar-refractivity contribution in [3.8, 4) is 0 Å². The Morgan fingerprint density at radius 3 is 2.56 bits per heavy atom. The van der Waals surface area contributed by atoms with Crippen LogP contribution in [0.5, 0.6) is 0 Å². The number of nitrogens with one attached hydrogen (secondary N) is 1. The lowest BCUT2D eigenvalue weighted by molar-refractivity contribution is -0.308. The minimum Gasteiger partial charge on any atom is -0.548 e. The van der Waals surface area contributed by atoms with Crippen molar-refractivity contribution in [3.63, 3.8) is 0 Å². The van der Waals surface area contributed by atoms with Gasteiger partial charge in [0.1, 0.15) is 5.60 Å². The van der Waals surface area contributed by atoms with E-state index < -0.39 is 23.7 Å². The summed E-state index contributed by atoms with van der Waals surface area (Å²) in [5.74, 6) is -1.42. The zero-order chi connectivity index (χ0) is 13.8. The summed E-state index contributed by atoms with van der Waals surface area (Å²) in [4.78, 5) is 26.3. The molecular formula is C12H15N2O4-. The molecule has 1 atom stereocenters. The molecule has 98 valence electrons. The van der Waals surface area contributed by atoms with Crippen molar-refractivity contribution in [3.05, 3.63) is 30.1 Å². The second kappa shape index (κ2) is 5.48. The standard InChI is InChI=1S/C12H16N2O4/c1-12(2,3)18-11(17)14-9(10(15)16)8-5-4-6-13-7-8/h4-7,9H,1-3H3,(H,14,17)(H,15,16)/p-1/t9-/m1/s1. The zero-order valence-corrected chi connectivity index (χ0v) is 10.5. The number of rotatable bonds is 3. The van der Waals surface area contributed by atoms with Crippen molar-refractivity contribution >= 4 is 12.1 Å². The highest BCUT2D eigenvalue weighted by molar-refractivity contribution is 5.80. The molecule has 1 heterocycles. The van der Waals surface area contributed by atoms with Crippen LogP contribution < -0.4 is 10.4 Å². The molecule has 6 heteroatoms. The number of carbonyl (C=O) groups excluding carboxylic acids is 2. The fourth-order valence-electron chi connectivity index (χ4n) is 1.25. The molecular weight excluding hydrogens is 236 g/mol. The zero-order valence-electron chi connectivity index (χ0n) is 10.5. The molecule has 6 nitrogen and oxygen atoms in total. The van der Waals surface area contributed by atoms with Crippen LogP contribution in [0.15, 0.2) is 24.5 Å². The van der Waals surface area contributed by atoms with Crippen LogP contribution in [0.25, 0.3) is 0 Å². The van der Waals surface area contributed by atoms with Gasteiger partial charge in [0.15, 0.2) is 0 Å². The van der Waals surface area contributed by atoms with Crippen LogP contribution >= 0.6 is 0 Å². The summed E-state index contributed by atoms with van der Waals surface area (Å²) in [5.41, 5.74) is -0.376. The van der Waals surface area contributed by atoms with Gasteiger partial charge in [-0.1, -0.05) is 6.07 Å². The van der Waals surface area contributed by atoms with E-state index in [9.17, 15) is 14.7 Å². The van der Waals surface area contributed by atoms with Crippen molar-refractivity contribution < 1.29 is 19.4 Å². The third-order valence-corrected chi connectivity index (χ3v) is 1.91. The quantitative estimate of drug-likeness (QED) is 0.839. The van der Waals surface area contributed by atoms with Gasteiger partial charge in [0.25, 0.3) is 0 Å². The molecule has 1 aromatic rings. The number of aliphatic carboxylic acids is 1. The Morgan fingerprint density at radius 2 is 2.11 bits per heavy atom. The van der Waals surface area contributed by atoms with Gasteiger partial charge in [-0.25, -0.2) is 4.79 Å². The molecule has 0 unspecified atom stereocenters. The van der Waals surface area contributed by atoms with E-state index in [1.54, 1.807) is 26.8 Å². The van der Waals surface area contributed by atoms with Crippen LogP contribution in [0.2, 0.25) is 0 Å². The number of pyridine rings is 1. The summed E-state index contributed by atoms with van der Waals surface area (Å²) in [7, 11) is 0. The second-order valence-corrected chi connectivity index (χ2v) is 4.68. The van der Waals surface area contributed by atoms with E-state index in [1.807, 2.05) is 0 Å². The fourth-order valence-corrected chi connectivity index (χ4v) is 1.25. The molecule has 0 aromatic carbocycles. The molecule has 1 amide bonds. The number of ether oxygens (including phenoxy) is 1. The van der Waals surface area contributed by atoms with Gasteiger partial charge in [-0.3, -0.25) is 4.98 Å². The van der Waals surface area contributed by atoms with E-state index in [-0.39, 0.29) is 0 Å². The van der Waals surface area contributed by atoms with Crippen LogP contribution in [0.1, 0.15) is 32.4 Å². The average molecular weight is 251 g/mol. The lowest BCUT2D eigenvalue weighted by Crippen LogP contribution is -2.43. The van der Waals surface area contributed by atoms with E-state index in [1.165, 1.54) is 18.5 Å². The Bertz CT molecular complexity index is 425. The van der Waals surface area contributed by atoms with Gasteiger partial charge in [0, 0.05) is 12.4 Å². The third-order valence-electron chi connectivity index (χ3n) is 1.91. The van der Waals surface area contributed by atoms with E-state index >= 15 is 0 Å². The Labute approximate surface area is 105 Å². The highest BCUT2D eigenvalue weighted by atomic mass is 16.6. The van der Waals surface area contributed by atoms with Crippen molar-refractivity contribution in [2.45, 2.75) is 32.4 Å². The molecule has 0 saturated carbocycles. The first-order valence-electron chi connectivity index (χ1n) is 5.40. The van der Waals surface area contributed by atoms with E-state index in [2.05, 4.69) is 10.3 Å². The number of hydrogen-bond acceptors (Lipinski definition) is 5. The number of carboxylic acids is 1. The lowest BCUT2D eigenvalue weighted by Gasteiger charge is -2.24. The first kappa shape index (κ1) is 14.0. The van der Waals surface area contributed by atoms with Crippen LogP contribution in [-0.4, -0.2) is 22.6 Å². The maximum atomic E-state index is 11.5. The minimum atomic E-state index is -1.42. The maximum Gasteiger partial charge on any atom is 0.408 e. The molecule has 0 aliphatic rings. The molecule has 0 spiro atoms. The van der Waals surface area contributed by atoms with Gasteiger partial charge in [0.05, 0.1) is 12.0 Å². The van der Waals surface area contributed by atoms with Crippen LogP contribution in [0.4, 0.5) is 4.79 Å². The molecule has 0 fully saturated rings. The summed E-state index contributed by atoms with van der Waals surface area (Å²) >= 11 is 0. The van der Waals surface area contributed by atoms with E-state index in [0.717, 1.165) is 0 Å². The van der Waals surface area contributed by atoms with Gasteiger partial charge in [0.2, 0.25) is 0 Å². The fraction of sp³-hybridized carbons (Fsp3) is 0.417. The molecule has 0 saturated heterocycles. The van der Waals surface area contributed by atoms with Gasteiger partial charge in [-0.2, -0.15) is 0 Å². The van der Waals surface area contributed by atoms with E-state index in [0.29, 0.717) is 5.56 Å². The largest absolute Gasteiger partial charge is 0.548 e. The Kier molecular flexibility index (Phi) is 4.25. The van der Waals surface area contributed by atoms with Gasteiger partial charge in [-0.15, -0.1) is 0 Å². The number of amides is 1. The molecule has 0 bridgehead atoms. The average Bonchev–Trinajstić information content (AvgIpc) is 2.24. The van der Waals surface area contributed by atoms with Crippen LogP contribution in [0, 0.1) is 0 Å². The van der Waals surface area contributed by atoms with Gasteiger partial charge < -0.3 is 20.0 Å². The van der Waals surface area contributed by atoms with Crippen molar-refractivity contribution in [1.29, 1.82) is 0 Å². The first-order chi connectivity index (χ1) is 8.29. The van der Waals surface area contributed by atoms with Gasteiger partial charge in [-0.05, 0) is 32.4 Å². The summed E-state index contributed by atoms with van der Waals surface area (Å²) in [6, 6.07) is 1.82. The summed E-state index contributed by atoms with van der Waals surface area (Å²) in [6.07, 6.45) is 2.03. The van der Waals surface area contributed by atoms with Crippen molar-refractivity contribution in [2.75, 3.05) is 0 Å². The SMILES string of the molecule is CC(C)(C)OC(=O)N[C@@H](C(=O)[O-])c1cccnc1. The minimum absolute atomic E-state index is 0.323. The van der Waals surface area contributed by atoms with Crippen LogP contribution in [0.3, 0.4) is 0 Å². The van der Waals surface area contributed by atoms with Crippen LogP contribution in [-0.2, 0) is 9.53 Å². The predicted octanol–water partition coefficient (Wildman–Crippen LogP) is 0.397. The Hall–Kier alpha value is -2.11. The van der Waals surface area contributed by atoms with E-state index in [4.69, 9.17) is 4.74 Å². The summed E-state index contributed by atoms with van der Waals surface area (Å²) in [6.45, 7) is 5.06. The highest BCUT2D eigenvalue weighted by Crippen LogP contribution is 2.12. The smallest absolute Gasteiger partial charge is 0.408 e. The number of carbonyl (C=O) groups is 2. The molecule has 0 aliphatic carbocycles. The molecule has 0 aliphatic heterocycles. The summed E-state index contributed by atoms with van der Waals surface area (Å²) in [5, 5.41) is 13.2. The Morgan fingerprint density at radius 1 is 1.44 bits per heavy atom. The topological polar surface area (TPSA) is 91.3 Å². The molecule has 1 rings (SSSR count). The molecule has 18 heavy (non-hydrogen) atoms. The lowest BCUT2D eigenvalue weighted by atomic mass is 10.1. The first-order valence-corrected chi connectivity index (χ1v) is 5.40. The second-order valence-electron chi connectivity index (χ2n) is 4.68. The number of hydrogen-bond donors (Lipinski definition) is 1. The number of nitrogens with zero attached hydrogens (tertiary/aromatic N) is 1.